The molecule has 0 aliphatic carbocycles. The third-order valence-corrected chi connectivity index (χ3v) is 3.03. The zero-order valence-electron chi connectivity index (χ0n) is 12.9. The molecule has 0 aliphatic heterocycles. The number of carbonyl (C=O) groups is 3. The number of para-hydroxylation sites is 3. The summed E-state index contributed by atoms with van der Waals surface area (Å²) in [5.41, 5.74) is 0.410. The number of anilines is 2. The summed E-state index contributed by atoms with van der Waals surface area (Å²) in [6, 6.07) is 12.2. The molecule has 0 unspecified atom stereocenters. The van der Waals surface area contributed by atoms with Gasteiger partial charge in [-0.1, -0.05) is 24.3 Å². The van der Waals surface area contributed by atoms with Crippen molar-refractivity contribution in [2.75, 3.05) is 17.2 Å². The molecule has 0 spiro atoms. The fourth-order valence-electron chi connectivity index (χ4n) is 1.92. The molecule has 24 heavy (non-hydrogen) atoms. The van der Waals surface area contributed by atoms with Gasteiger partial charge in [-0.05, 0) is 31.2 Å². The minimum Gasteiger partial charge on any atom is -0.506 e. The molecule has 2 rings (SSSR count). The monoisotopic (exact) mass is 328 g/mol. The summed E-state index contributed by atoms with van der Waals surface area (Å²) >= 11 is 0. The van der Waals surface area contributed by atoms with E-state index in [-0.39, 0.29) is 29.3 Å². The normalized spacial score (nSPS) is 9.88. The average molecular weight is 328 g/mol. The van der Waals surface area contributed by atoms with E-state index >= 15 is 0 Å². The topological polar surface area (TPSA) is 105 Å². The number of phenols is 1. The molecule has 0 bridgehead atoms. The molecule has 7 heteroatoms. The average Bonchev–Trinajstić information content (AvgIpc) is 2.57. The largest absolute Gasteiger partial charge is 0.506 e. The molecule has 0 aromatic heterocycles. The number of phenolic OH excluding ortho intramolecular Hbond substituents is 1. The first-order valence-electron chi connectivity index (χ1n) is 7.19. The van der Waals surface area contributed by atoms with Crippen molar-refractivity contribution in [2.45, 2.75) is 6.92 Å². The van der Waals surface area contributed by atoms with Crippen LogP contribution in [0.4, 0.5) is 11.4 Å². The SMILES string of the molecule is CCOC(=O)c1ccccc1NC(=O)C(=O)Nc1ccccc1O. The van der Waals surface area contributed by atoms with Gasteiger partial charge in [-0.25, -0.2) is 4.79 Å². The summed E-state index contributed by atoms with van der Waals surface area (Å²) in [7, 11) is 0. The van der Waals surface area contributed by atoms with Crippen molar-refractivity contribution < 1.29 is 24.2 Å². The van der Waals surface area contributed by atoms with E-state index in [9.17, 15) is 19.5 Å². The number of aromatic hydroxyl groups is 1. The van der Waals surface area contributed by atoms with Crippen LogP contribution >= 0.6 is 0 Å². The van der Waals surface area contributed by atoms with E-state index in [4.69, 9.17) is 4.74 Å². The van der Waals surface area contributed by atoms with Crippen LogP contribution in [0.15, 0.2) is 48.5 Å². The lowest BCUT2D eigenvalue weighted by Gasteiger charge is -2.10. The molecule has 0 radical (unpaired) electrons. The summed E-state index contributed by atoms with van der Waals surface area (Å²) in [5.74, 6) is -2.72. The molecule has 0 atom stereocenters. The molecule has 0 aliphatic rings. The van der Waals surface area contributed by atoms with Crippen LogP contribution in [-0.2, 0) is 14.3 Å². The lowest BCUT2D eigenvalue weighted by atomic mass is 10.2. The standard InChI is InChI=1S/C17H16N2O5/c1-2-24-17(23)11-7-3-4-8-12(11)18-15(21)16(22)19-13-9-5-6-10-14(13)20/h3-10,20H,2H2,1H3,(H,18,21)(H,19,22). The highest BCUT2D eigenvalue weighted by Crippen LogP contribution is 2.21. The van der Waals surface area contributed by atoms with Crippen molar-refractivity contribution in [1.82, 2.24) is 0 Å². The lowest BCUT2D eigenvalue weighted by Crippen LogP contribution is -2.29. The van der Waals surface area contributed by atoms with Crippen molar-refractivity contribution in [3.63, 3.8) is 0 Å². The Morgan fingerprint density at radius 2 is 1.46 bits per heavy atom. The maximum atomic E-state index is 12.0. The molecule has 124 valence electrons. The molecular formula is C17H16N2O5. The number of carbonyl (C=O) groups excluding carboxylic acids is 3. The molecule has 0 saturated carbocycles. The van der Waals surface area contributed by atoms with Crippen molar-refractivity contribution in [3.05, 3.63) is 54.1 Å². The van der Waals surface area contributed by atoms with Gasteiger partial charge in [-0.15, -0.1) is 0 Å². The summed E-state index contributed by atoms with van der Waals surface area (Å²) in [4.78, 5) is 35.8. The van der Waals surface area contributed by atoms with Gasteiger partial charge in [0.05, 0.1) is 23.5 Å². The van der Waals surface area contributed by atoms with E-state index in [0.29, 0.717) is 0 Å². The maximum absolute atomic E-state index is 12.0. The van der Waals surface area contributed by atoms with Crippen molar-refractivity contribution in [2.24, 2.45) is 0 Å². The molecular weight excluding hydrogens is 312 g/mol. The molecule has 0 fully saturated rings. The van der Waals surface area contributed by atoms with Gasteiger partial charge < -0.3 is 20.5 Å². The summed E-state index contributed by atoms with van der Waals surface area (Å²) in [6.45, 7) is 1.85. The highest BCUT2D eigenvalue weighted by Gasteiger charge is 2.19. The van der Waals surface area contributed by atoms with Crippen molar-refractivity contribution >= 4 is 29.2 Å². The zero-order chi connectivity index (χ0) is 17.5. The van der Waals surface area contributed by atoms with E-state index in [1.54, 1.807) is 31.2 Å². The van der Waals surface area contributed by atoms with Crippen LogP contribution in [0.2, 0.25) is 0 Å². The predicted molar refractivity (Wildman–Crippen MR) is 87.8 cm³/mol. The van der Waals surface area contributed by atoms with Crippen LogP contribution in [0.25, 0.3) is 0 Å². The summed E-state index contributed by atoms with van der Waals surface area (Å²) in [5, 5.41) is 14.2. The van der Waals surface area contributed by atoms with Crippen LogP contribution < -0.4 is 10.6 Å². The minimum absolute atomic E-state index is 0.108. The molecule has 2 aromatic carbocycles. The number of nitrogens with one attached hydrogen (secondary N) is 2. The van der Waals surface area contributed by atoms with Crippen LogP contribution in [0, 0.1) is 0 Å². The first-order chi connectivity index (χ1) is 11.5. The molecule has 3 N–H and O–H groups in total. The second-order valence-corrected chi connectivity index (χ2v) is 4.69. The Balaban J connectivity index is 2.11. The number of ether oxygens (including phenoxy) is 1. The maximum Gasteiger partial charge on any atom is 0.340 e. The molecule has 0 heterocycles. The number of hydrogen-bond acceptors (Lipinski definition) is 5. The Morgan fingerprint density at radius 3 is 2.08 bits per heavy atom. The quantitative estimate of drug-likeness (QED) is 0.453. The van der Waals surface area contributed by atoms with Crippen LogP contribution in [0.3, 0.4) is 0 Å². The fraction of sp³-hybridized carbons (Fsp3) is 0.118. The van der Waals surface area contributed by atoms with E-state index in [2.05, 4.69) is 10.6 Å². The zero-order valence-corrected chi connectivity index (χ0v) is 12.9. The van der Waals surface area contributed by atoms with E-state index in [1.165, 1.54) is 24.3 Å². The van der Waals surface area contributed by atoms with E-state index in [0.717, 1.165) is 0 Å². The second kappa shape index (κ2) is 7.77. The Hall–Kier alpha value is -3.35. The molecule has 0 saturated heterocycles. The molecule has 2 amide bonds. The second-order valence-electron chi connectivity index (χ2n) is 4.69. The van der Waals surface area contributed by atoms with Gasteiger partial charge in [0.1, 0.15) is 5.75 Å². The fourth-order valence-corrected chi connectivity index (χ4v) is 1.92. The van der Waals surface area contributed by atoms with Gasteiger partial charge in [0.25, 0.3) is 0 Å². The summed E-state index contributed by atoms with van der Waals surface area (Å²) < 4.78 is 4.90. The van der Waals surface area contributed by atoms with Crippen LogP contribution in [0.5, 0.6) is 5.75 Å². The third kappa shape index (κ3) is 4.10. The Labute approximate surface area is 138 Å². The smallest absolute Gasteiger partial charge is 0.340 e. The van der Waals surface area contributed by atoms with Crippen molar-refractivity contribution in [1.29, 1.82) is 0 Å². The number of benzene rings is 2. The van der Waals surface area contributed by atoms with Crippen LogP contribution in [0.1, 0.15) is 17.3 Å². The van der Waals surface area contributed by atoms with Gasteiger partial charge >= 0.3 is 17.8 Å². The number of esters is 1. The van der Waals surface area contributed by atoms with Crippen LogP contribution in [-0.4, -0.2) is 29.5 Å². The first kappa shape index (κ1) is 17.0. The molecule has 2 aromatic rings. The number of amides is 2. The van der Waals surface area contributed by atoms with Gasteiger partial charge in [0.2, 0.25) is 0 Å². The highest BCUT2D eigenvalue weighted by molar-refractivity contribution is 6.44. The number of rotatable bonds is 4. The highest BCUT2D eigenvalue weighted by atomic mass is 16.5. The van der Waals surface area contributed by atoms with Gasteiger partial charge in [-0.2, -0.15) is 0 Å². The van der Waals surface area contributed by atoms with Crippen molar-refractivity contribution in [3.8, 4) is 5.75 Å². The third-order valence-electron chi connectivity index (χ3n) is 3.03. The number of hydrogen-bond donors (Lipinski definition) is 3. The first-order valence-corrected chi connectivity index (χ1v) is 7.19. The van der Waals surface area contributed by atoms with Gasteiger partial charge in [0.15, 0.2) is 0 Å². The lowest BCUT2D eigenvalue weighted by molar-refractivity contribution is -0.133. The molecule has 7 nitrogen and oxygen atoms in total. The van der Waals surface area contributed by atoms with E-state index in [1.807, 2.05) is 0 Å². The van der Waals surface area contributed by atoms with Gasteiger partial charge in [0, 0.05) is 0 Å². The Morgan fingerprint density at radius 1 is 0.917 bits per heavy atom. The summed E-state index contributed by atoms with van der Waals surface area (Å²) in [6.07, 6.45) is 0. The Bertz CT molecular complexity index is 773. The van der Waals surface area contributed by atoms with Gasteiger partial charge in [-0.3, -0.25) is 9.59 Å². The van der Waals surface area contributed by atoms with E-state index < -0.39 is 17.8 Å². The predicted octanol–water partition coefficient (Wildman–Crippen LogP) is 2.15. The Kier molecular flexibility index (Phi) is 5.51. The minimum atomic E-state index is -0.977.